The van der Waals surface area contributed by atoms with Gasteiger partial charge in [0.2, 0.25) is 0 Å². The van der Waals surface area contributed by atoms with E-state index in [4.69, 9.17) is 10.5 Å². The van der Waals surface area contributed by atoms with Crippen LogP contribution in [-0.2, 0) is 9.53 Å². The van der Waals surface area contributed by atoms with Gasteiger partial charge in [0.25, 0.3) is 11.8 Å². The highest BCUT2D eigenvalue weighted by Gasteiger charge is 2.18. The summed E-state index contributed by atoms with van der Waals surface area (Å²) in [5, 5.41) is 7.72. The molecule has 3 N–H and O–H groups in total. The van der Waals surface area contributed by atoms with Crippen LogP contribution in [0.15, 0.2) is 76.7 Å². The SMILES string of the molecule is CNC(=O)c1ccccc1Sc1ccc2c(/C=C/c3ccccn3)nn(C(=O)OCC(N)=O)c2c1. The van der Waals surface area contributed by atoms with Gasteiger partial charge in [0.05, 0.1) is 22.5 Å². The van der Waals surface area contributed by atoms with Crippen molar-refractivity contribution < 1.29 is 19.1 Å². The normalized spacial score (nSPS) is 11.0. The van der Waals surface area contributed by atoms with Gasteiger partial charge in [-0.3, -0.25) is 14.6 Å². The van der Waals surface area contributed by atoms with Crippen LogP contribution in [0.1, 0.15) is 21.7 Å². The van der Waals surface area contributed by atoms with Gasteiger partial charge in [0.1, 0.15) is 0 Å². The van der Waals surface area contributed by atoms with E-state index in [2.05, 4.69) is 15.4 Å². The molecule has 4 rings (SSSR count). The number of benzene rings is 2. The van der Waals surface area contributed by atoms with Crippen LogP contribution >= 0.6 is 11.8 Å². The zero-order valence-electron chi connectivity index (χ0n) is 18.7. The number of hydrogen-bond donors (Lipinski definition) is 2. The van der Waals surface area contributed by atoms with E-state index in [0.717, 1.165) is 20.2 Å². The Balaban J connectivity index is 1.74. The van der Waals surface area contributed by atoms with Gasteiger partial charge in [-0.1, -0.05) is 30.0 Å². The lowest BCUT2D eigenvalue weighted by Gasteiger charge is -2.08. The molecule has 0 saturated heterocycles. The summed E-state index contributed by atoms with van der Waals surface area (Å²) in [6, 6.07) is 18.2. The number of aromatic nitrogens is 3. The Labute approximate surface area is 205 Å². The first kappa shape index (κ1) is 23.7. The molecule has 176 valence electrons. The number of fused-ring (bicyclic) bond motifs is 1. The molecule has 0 atom stereocenters. The number of carbonyl (C=O) groups is 3. The van der Waals surface area contributed by atoms with E-state index in [9.17, 15) is 14.4 Å². The highest BCUT2D eigenvalue weighted by Crippen LogP contribution is 2.33. The van der Waals surface area contributed by atoms with Crippen LogP contribution in [0.3, 0.4) is 0 Å². The largest absolute Gasteiger partial charge is 0.438 e. The van der Waals surface area contributed by atoms with E-state index >= 15 is 0 Å². The van der Waals surface area contributed by atoms with E-state index in [-0.39, 0.29) is 5.91 Å². The third-order valence-corrected chi connectivity index (χ3v) is 5.94. The topological polar surface area (TPSA) is 129 Å². The summed E-state index contributed by atoms with van der Waals surface area (Å²) in [5.41, 5.74) is 7.36. The van der Waals surface area contributed by atoms with Crippen molar-refractivity contribution in [2.45, 2.75) is 9.79 Å². The summed E-state index contributed by atoms with van der Waals surface area (Å²) >= 11 is 1.37. The number of primary amides is 1. The highest BCUT2D eigenvalue weighted by atomic mass is 32.2. The molecule has 0 aliphatic heterocycles. The minimum Gasteiger partial charge on any atom is -0.438 e. The standard InChI is InChI=1S/C25H21N5O4S/c1-27-24(32)19-7-2-3-8-22(19)35-17-10-11-18-20(12-9-16-6-4-5-13-28-16)29-30(21(18)14-17)25(33)34-15-23(26)31/h2-14H,15H2,1H3,(H2,26,31)(H,27,32)/b12-9+. The van der Waals surface area contributed by atoms with E-state index in [0.29, 0.717) is 22.2 Å². The second-order valence-corrected chi connectivity index (χ2v) is 8.38. The van der Waals surface area contributed by atoms with Crippen LogP contribution < -0.4 is 11.1 Å². The number of nitrogens with two attached hydrogens (primary N) is 1. The minimum atomic E-state index is -0.834. The third-order valence-electron chi connectivity index (χ3n) is 4.88. The molecular weight excluding hydrogens is 466 g/mol. The van der Waals surface area contributed by atoms with Crippen molar-refractivity contribution in [3.05, 3.63) is 83.8 Å². The van der Waals surface area contributed by atoms with Crippen LogP contribution in [0, 0.1) is 0 Å². The maximum Gasteiger partial charge on any atom is 0.435 e. The van der Waals surface area contributed by atoms with Crippen molar-refractivity contribution in [3.8, 4) is 0 Å². The Bertz CT molecular complexity index is 1430. The van der Waals surface area contributed by atoms with Crippen molar-refractivity contribution in [1.82, 2.24) is 20.1 Å². The van der Waals surface area contributed by atoms with Crippen LogP contribution in [0.5, 0.6) is 0 Å². The first-order valence-corrected chi connectivity index (χ1v) is 11.3. The molecule has 10 heteroatoms. The lowest BCUT2D eigenvalue weighted by molar-refractivity contribution is -0.120. The molecule has 2 amide bonds. The Morgan fingerprint density at radius 1 is 1.09 bits per heavy atom. The summed E-state index contributed by atoms with van der Waals surface area (Å²) in [7, 11) is 1.58. The smallest absolute Gasteiger partial charge is 0.435 e. The first-order chi connectivity index (χ1) is 17.0. The fourth-order valence-electron chi connectivity index (χ4n) is 3.28. The zero-order chi connectivity index (χ0) is 24.8. The summed E-state index contributed by atoms with van der Waals surface area (Å²) in [6.07, 6.45) is 4.37. The lowest BCUT2D eigenvalue weighted by atomic mass is 10.2. The number of amides is 2. The van der Waals surface area contributed by atoms with Crippen molar-refractivity contribution >= 4 is 52.7 Å². The Morgan fingerprint density at radius 2 is 1.89 bits per heavy atom. The molecule has 0 bridgehead atoms. The molecule has 0 saturated carbocycles. The van der Waals surface area contributed by atoms with Gasteiger partial charge in [0, 0.05) is 28.4 Å². The summed E-state index contributed by atoms with van der Waals surface area (Å²) in [6.45, 7) is -0.562. The summed E-state index contributed by atoms with van der Waals surface area (Å²) in [4.78, 5) is 41.8. The molecule has 2 aromatic carbocycles. The second-order valence-electron chi connectivity index (χ2n) is 7.26. The molecule has 2 heterocycles. The van der Waals surface area contributed by atoms with Gasteiger partial charge in [0.15, 0.2) is 6.61 Å². The lowest BCUT2D eigenvalue weighted by Crippen LogP contribution is -2.24. The number of ether oxygens (including phenoxy) is 1. The van der Waals surface area contributed by atoms with Crippen molar-refractivity contribution in [1.29, 1.82) is 0 Å². The van der Waals surface area contributed by atoms with Crippen LogP contribution in [0.2, 0.25) is 0 Å². The molecule has 4 aromatic rings. The Morgan fingerprint density at radius 3 is 2.63 bits per heavy atom. The number of rotatable bonds is 7. The number of nitrogens with one attached hydrogen (secondary N) is 1. The predicted octanol–water partition coefficient (Wildman–Crippen LogP) is 3.58. The van der Waals surface area contributed by atoms with Gasteiger partial charge in [-0.05, 0) is 54.6 Å². The average Bonchev–Trinajstić information content (AvgIpc) is 3.24. The average molecular weight is 488 g/mol. The molecule has 0 aliphatic carbocycles. The van der Waals surface area contributed by atoms with Crippen LogP contribution in [-0.4, -0.2) is 46.3 Å². The molecule has 9 nitrogen and oxygen atoms in total. The molecule has 0 radical (unpaired) electrons. The molecule has 0 unspecified atom stereocenters. The van der Waals surface area contributed by atoms with Gasteiger partial charge in [-0.15, -0.1) is 0 Å². The van der Waals surface area contributed by atoms with E-state index in [1.807, 2.05) is 42.5 Å². The maximum absolute atomic E-state index is 12.7. The molecule has 2 aromatic heterocycles. The second kappa shape index (κ2) is 10.7. The summed E-state index contributed by atoms with van der Waals surface area (Å²) in [5.74, 6) is -0.969. The quantitative estimate of drug-likeness (QED) is 0.408. The number of carbonyl (C=O) groups excluding carboxylic acids is 3. The van der Waals surface area contributed by atoms with Gasteiger partial charge in [-0.25, -0.2) is 4.79 Å². The van der Waals surface area contributed by atoms with Crippen LogP contribution in [0.25, 0.3) is 23.1 Å². The van der Waals surface area contributed by atoms with Gasteiger partial charge >= 0.3 is 6.09 Å². The van der Waals surface area contributed by atoms with Crippen molar-refractivity contribution in [3.63, 3.8) is 0 Å². The van der Waals surface area contributed by atoms with Gasteiger partial charge in [-0.2, -0.15) is 9.78 Å². The first-order valence-electron chi connectivity index (χ1n) is 10.5. The van der Waals surface area contributed by atoms with E-state index < -0.39 is 18.6 Å². The molecular formula is C25H21N5O4S. The number of nitrogens with zero attached hydrogens (tertiary/aromatic N) is 3. The van der Waals surface area contributed by atoms with Crippen LogP contribution in [0.4, 0.5) is 4.79 Å². The highest BCUT2D eigenvalue weighted by molar-refractivity contribution is 7.99. The summed E-state index contributed by atoms with van der Waals surface area (Å²) < 4.78 is 6.08. The Hall–Kier alpha value is -4.44. The number of pyridine rings is 1. The maximum atomic E-state index is 12.7. The van der Waals surface area contributed by atoms with E-state index in [1.165, 1.54) is 11.8 Å². The van der Waals surface area contributed by atoms with Crippen molar-refractivity contribution in [2.24, 2.45) is 5.73 Å². The Kier molecular flexibility index (Phi) is 7.22. The minimum absolute atomic E-state index is 0.198. The van der Waals surface area contributed by atoms with Gasteiger partial charge < -0.3 is 15.8 Å². The molecule has 0 spiro atoms. The monoisotopic (exact) mass is 487 g/mol. The van der Waals surface area contributed by atoms with E-state index in [1.54, 1.807) is 43.6 Å². The molecule has 0 fully saturated rings. The predicted molar refractivity (Wildman–Crippen MR) is 133 cm³/mol. The fraction of sp³-hybridized carbons (Fsp3) is 0.0800. The zero-order valence-corrected chi connectivity index (χ0v) is 19.5. The number of hydrogen-bond acceptors (Lipinski definition) is 7. The molecule has 0 aliphatic rings. The van der Waals surface area contributed by atoms with Crippen molar-refractivity contribution in [2.75, 3.05) is 13.7 Å². The third kappa shape index (κ3) is 5.56. The fourth-order valence-corrected chi connectivity index (χ4v) is 4.26. The molecule has 35 heavy (non-hydrogen) atoms.